The van der Waals surface area contributed by atoms with E-state index in [-0.39, 0.29) is 11.1 Å². The molecule has 0 aliphatic rings. The average Bonchev–Trinajstić information content (AvgIpc) is 3.06. The van der Waals surface area contributed by atoms with E-state index in [1.807, 2.05) is 0 Å². The zero-order valence-electron chi connectivity index (χ0n) is 13.0. The first-order valence-corrected chi connectivity index (χ1v) is 7.16. The van der Waals surface area contributed by atoms with Gasteiger partial charge < -0.3 is 14.5 Å². The molecule has 1 atom stereocenters. The molecule has 0 bridgehead atoms. The predicted octanol–water partition coefficient (Wildman–Crippen LogP) is 2.91. The fourth-order valence-electron chi connectivity index (χ4n) is 2.40. The van der Waals surface area contributed by atoms with Gasteiger partial charge in [-0.05, 0) is 24.3 Å². The Morgan fingerprint density at radius 2 is 1.88 bits per heavy atom. The summed E-state index contributed by atoms with van der Waals surface area (Å²) in [6, 6.07) is 5.48. The lowest BCUT2D eigenvalue weighted by Crippen LogP contribution is -2.21. The number of methoxy groups -OCH3 is 1. The normalized spacial score (nSPS) is 12.0. The van der Waals surface area contributed by atoms with Gasteiger partial charge in [-0.2, -0.15) is 0 Å². The molecule has 0 saturated heterocycles. The van der Waals surface area contributed by atoms with Gasteiger partial charge in [-0.25, -0.2) is 23.4 Å². The van der Waals surface area contributed by atoms with Crippen molar-refractivity contribution in [2.45, 2.75) is 6.10 Å². The first-order valence-electron chi connectivity index (χ1n) is 7.16. The molecule has 6 nitrogen and oxygen atoms in total. The average molecular weight is 346 g/mol. The van der Waals surface area contributed by atoms with E-state index in [1.165, 1.54) is 12.3 Å². The van der Waals surface area contributed by atoms with Crippen molar-refractivity contribution >= 4 is 23.0 Å². The lowest BCUT2D eigenvalue weighted by atomic mass is 10.1. The summed E-state index contributed by atoms with van der Waals surface area (Å²) in [5.41, 5.74) is 0.440. The third-order valence-corrected chi connectivity index (χ3v) is 3.51. The molecule has 1 N–H and O–H groups in total. The molecule has 0 amide bonds. The fourth-order valence-corrected chi connectivity index (χ4v) is 2.40. The highest BCUT2D eigenvalue weighted by atomic mass is 19.1. The zero-order chi connectivity index (χ0) is 18.0. The van der Waals surface area contributed by atoms with Gasteiger partial charge in [-0.3, -0.25) is 0 Å². The van der Waals surface area contributed by atoms with Crippen LogP contribution in [0.25, 0.3) is 11.0 Å². The number of esters is 2. The van der Waals surface area contributed by atoms with Crippen LogP contribution < -0.4 is 0 Å². The molecule has 0 saturated carbocycles. The van der Waals surface area contributed by atoms with Crippen LogP contribution in [0.4, 0.5) is 8.78 Å². The van der Waals surface area contributed by atoms with Crippen molar-refractivity contribution in [3.63, 3.8) is 0 Å². The maximum absolute atomic E-state index is 13.4. The number of carbonyl (C=O) groups is 2. The maximum atomic E-state index is 13.4. The molecular formula is C17H12F2N2O4. The summed E-state index contributed by atoms with van der Waals surface area (Å²) in [6.45, 7) is 0. The quantitative estimate of drug-likeness (QED) is 0.735. The van der Waals surface area contributed by atoms with E-state index in [2.05, 4.69) is 14.7 Å². The molecule has 2 heterocycles. The first kappa shape index (κ1) is 16.6. The number of halogens is 2. The van der Waals surface area contributed by atoms with E-state index in [1.54, 1.807) is 12.3 Å². The molecule has 0 fully saturated rings. The first-order chi connectivity index (χ1) is 12.0. The second kappa shape index (κ2) is 6.68. The van der Waals surface area contributed by atoms with E-state index >= 15 is 0 Å². The van der Waals surface area contributed by atoms with Crippen LogP contribution in [-0.2, 0) is 14.3 Å². The molecule has 128 valence electrons. The number of hydrogen-bond donors (Lipinski definition) is 1. The third kappa shape index (κ3) is 3.32. The van der Waals surface area contributed by atoms with Gasteiger partial charge >= 0.3 is 11.9 Å². The van der Waals surface area contributed by atoms with Gasteiger partial charge in [-0.1, -0.05) is 0 Å². The second-order valence-corrected chi connectivity index (χ2v) is 5.11. The lowest BCUT2D eigenvalue weighted by molar-refractivity contribution is -0.151. The number of ether oxygens (including phenoxy) is 2. The molecule has 2 aromatic heterocycles. The minimum absolute atomic E-state index is 0.150. The molecule has 3 aromatic rings. The Balaban J connectivity index is 1.96. The summed E-state index contributed by atoms with van der Waals surface area (Å²) in [6.07, 6.45) is 1.38. The number of carbonyl (C=O) groups excluding carboxylic acids is 2. The predicted molar refractivity (Wildman–Crippen MR) is 82.6 cm³/mol. The van der Waals surface area contributed by atoms with Crippen molar-refractivity contribution in [2.24, 2.45) is 0 Å². The number of nitrogens with one attached hydrogen (secondary N) is 1. The van der Waals surface area contributed by atoms with E-state index in [0.717, 1.165) is 19.2 Å². The Morgan fingerprint density at radius 1 is 1.16 bits per heavy atom. The van der Waals surface area contributed by atoms with Crippen LogP contribution in [0.3, 0.4) is 0 Å². The summed E-state index contributed by atoms with van der Waals surface area (Å²) < 4.78 is 36.6. The SMILES string of the molecule is COC(=O)C(OC(=O)c1ccnc2[nH]ccc12)c1cc(F)cc(F)c1. The van der Waals surface area contributed by atoms with Gasteiger partial charge in [0.1, 0.15) is 17.3 Å². The summed E-state index contributed by atoms with van der Waals surface area (Å²) in [5, 5.41) is 0.488. The molecule has 8 heteroatoms. The molecular weight excluding hydrogens is 334 g/mol. The molecule has 25 heavy (non-hydrogen) atoms. The number of rotatable bonds is 4. The second-order valence-electron chi connectivity index (χ2n) is 5.11. The summed E-state index contributed by atoms with van der Waals surface area (Å²) in [5.74, 6) is -3.63. The molecule has 0 aliphatic heterocycles. The number of fused-ring (bicyclic) bond motifs is 1. The highest BCUT2D eigenvalue weighted by Gasteiger charge is 2.28. The Hall–Kier alpha value is -3.29. The van der Waals surface area contributed by atoms with E-state index in [4.69, 9.17) is 4.74 Å². The van der Waals surface area contributed by atoms with Crippen LogP contribution in [0.5, 0.6) is 0 Å². The molecule has 1 aromatic carbocycles. The van der Waals surface area contributed by atoms with Crippen LogP contribution >= 0.6 is 0 Å². The van der Waals surface area contributed by atoms with Crippen LogP contribution in [0.1, 0.15) is 22.0 Å². The van der Waals surface area contributed by atoms with Crippen molar-refractivity contribution in [3.8, 4) is 0 Å². The van der Waals surface area contributed by atoms with E-state index in [9.17, 15) is 18.4 Å². The number of aromatic nitrogens is 2. The van der Waals surface area contributed by atoms with Crippen molar-refractivity contribution in [1.29, 1.82) is 0 Å². The fraction of sp³-hybridized carbons (Fsp3) is 0.118. The number of benzene rings is 1. The van der Waals surface area contributed by atoms with Crippen LogP contribution in [-0.4, -0.2) is 29.0 Å². The van der Waals surface area contributed by atoms with E-state index < -0.39 is 29.7 Å². The standard InChI is InChI=1S/C17H12F2N2O4/c1-24-17(23)14(9-6-10(18)8-11(19)7-9)25-16(22)13-3-5-21-15-12(13)2-4-20-15/h2-8,14H,1H3,(H,20,21). The Kier molecular flexibility index (Phi) is 4.42. The van der Waals surface area contributed by atoms with Gasteiger partial charge in [0, 0.05) is 29.4 Å². The lowest BCUT2D eigenvalue weighted by Gasteiger charge is -2.16. The van der Waals surface area contributed by atoms with Crippen LogP contribution in [0, 0.1) is 11.6 Å². The van der Waals surface area contributed by atoms with Gasteiger partial charge in [0.2, 0.25) is 6.10 Å². The van der Waals surface area contributed by atoms with E-state index in [0.29, 0.717) is 17.1 Å². The molecule has 0 aliphatic carbocycles. The van der Waals surface area contributed by atoms with Gasteiger partial charge in [0.05, 0.1) is 12.7 Å². The van der Waals surface area contributed by atoms with Crippen molar-refractivity contribution in [1.82, 2.24) is 9.97 Å². The third-order valence-electron chi connectivity index (χ3n) is 3.51. The monoisotopic (exact) mass is 346 g/mol. The summed E-state index contributed by atoms with van der Waals surface area (Å²) in [4.78, 5) is 31.3. The maximum Gasteiger partial charge on any atom is 0.351 e. The number of hydrogen-bond acceptors (Lipinski definition) is 5. The molecule has 0 spiro atoms. The highest BCUT2D eigenvalue weighted by molar-refractivity contribution is 6.03. The largest absolute Gasteiger partial charge is 0.466 e. The van der Waals surface area contributed by atoms with Gasteiger partial charge in [0.25, 0.3) is 0 Å². The van der Waals surface area contributed by atoms with Crippen molar-refractivity contribution in [2.75, 3.05) is 7.11 Å². The number of H-pyrrole nitrogens is 1. The molecule has 1 unspecified atom stereocenters. The Morgan fingerprint density at radius 3 is 2.56 bits per heavy atom. The van der Waals surface area contributed by atoms with Gasteiger partial charge in [-0.15, -0.1) is 0 Å². The Labute approximate surface area is 140 Å². The number of nitrogens with zero attached hydrogens (tertiary/aromatic N) is 1. The number of aromatic amines is 1. The van der Waals surface area contributed by atoms with Crippen LogP contribution in [0.2, 0.25) is 0 Å². The number of pyridine rings is 1. The van der Waals surface area contributed by atoms with Crippen LogP contribution in [0.15, 0.2) is 42.7 Å². The van der Waals surface area contributed by atoms with Crippen molar-refractivity contribution < 1.29 is 27.8 Å². The highest BCUT2D eigenvalue weighted by Crippen LogP contribution is 2.24. The summed E-state index contributed by atoms with van der Waals surface area (Å²) in [7, 11) is 1.08. The minimum Gasteiger partial charge on any atom is -0.466 e. The van der Waals surface area contributed by atoms with Crippen molar-refractivity contribution in [3.05, 3.63) is 65.5 Å². The smallest absolute Gasteiger partial charge is 0.351 e. The minimum atomic E-state index is -1.61. The van der Waals surface area contributed by atoms with Gasteiger partial charge in [0.15, 0.2) is 0 Å². The Bertz CT molecular complexity index is 934. The topological polar surface area (TPSA) is 81.3 Å². The molecule has 3 rings (SSSR count). The summed E-state index contributed by atoms with van der Waals surface area (Å²) >= 11 is 0. The molecule has 0 radical (unpaired) electrons. The zero-order valence-corrected chi connectivity index (χ0v) is 13.0.